The molecular weight excluding hydrogens is 426 g/mol. The number of carbonyl (C=O) groups is 1. The van der Waals surface area contributed by atoms with Gasteiger partial charge in [-0.25, -0.2) is 0 Å². The highest BCUT2D eigenvalue weighted by molar-refractivity contribution is 9.12. The van der Waals surface area contributed by atoms with Crippen LogP contribution in [0.25, 0.3) is 6.08 Å². The molecule has 6 heteroatoms. The first-order valence-electron chi connectivity index (χ1n) is 7.00. The summed E-state index contributed by atoms with van der Waals surface area (Å²) < 4.78 is 1.30. The standard InChI is InChI=1S/C18H11BrClNOS2/c19-13(9-12-5-2-1-3-6-12)10-16-17(22)21(18(23)24-16)15-8-4-7-14(20)11-15/h1-11H/b13-9-,16-10+. The molecule has 0 aliphatic carbocycles. The summed E-state index contributed by atoms with van der Waals surface area (Å²) in [5.41, 5.74) is 1.72. The minimum Gasteiger partial charge on any atom is -0.268 e. The number of hydrogen-bond acceptors (Lipinski definition) is 3. The van der Waals surface area contributed by atoms with Crippen LogP contribution in [0.5, 0.6) is 0 Å². The van der Waals surface area contributed by atoms with Gasteiger partial charge in [0.25, 0.3) is 5.91 Å². The second-order valence-corrected chi connectivity index (χ2v) is 7.96. The molecule has 1 aliphatic rings. The Bertz CT molecular complexity index is 864. The molecule has 2 aromatic carbocycles. The minimum atomic E-state index is -0.148. The largest absolute Gasteiger partial charge is 0.270 e. The Morgan fingerprint density at radius 2 is 1.92 bits per heavy atom. The van der Waals surface area contributed by atoms with Crippen molar-refractivity contribution in [1.82, 2.24) is 0 Å². The van der Waals surface area contributed by atoms with Crippen LogP contribution in [0.2, 0.25) is 5.02 Å². The van der Waals surface area contributed by atoms with Gasteiger partial charge in [-0.1, -0.05) is 87.9 Å². The molecule has 1 saturated heterocycles. The summed E-state index contributed by atoms with van der Waals surface area (Å²) in [6.45, 7) is 0. The van der Waals surface area contributed by atoms with Gasteiger partial charge in [0.2, 0.25) is 0 Å². The quantitative estimate of drug-likeness (QED) is 0.433. The molecule has 0 unspecified atom stereocenters. The van der Waals surface area contributed by atoms with Crippen LogP contribution in [0.1, 0.15) is 5.56 Å². The van der Waals surface area contributed by atoms with Gasteiger partial charge in [-0.3, -0.25) is 9.69 Å². The number of carbonyl (C=O) groups excluding carboxylic acids is 1. The average Bonchev–Trinajstić information content (AvgIpc) is 2.82. The van der Waals surface area contributed by atoms with Crippen molar-refractivity contribution in [2.45, 2.75) is 0 Å². The first kappa shape index (κ1) is 17.4. The number of anilines is 1. The third-order valence-electron chi connectivity index (χ3n) is 3.23. The summed E-state index contributed by atoms with van der Waals surface area (Å²) in [4.78, 5) is 14.7. The number of allylic oxidation sites excluding steroid dienone is 2. The van der Waals surface area contributed by atoms with Gasteiger partial charge in [0.15, 0.2) is 4.32 Å². The lowest BCUT2D eigenvalue weighted by molar-refractivity contribution is -0.113. The van der Waals surface area contributed by atoms with Crippen LogP contribution in [0.3, 0.4) is 0 Å². The zero-order chi connectivity index (χ0) is 17.1. The molecule has 24 heavy (non-hydrogen) atoms. The first-order chi connectivity index (χ1) is 11.5. The molecule has 0 bridgehead atoms. The first-order valence-corrected chi connectivity index (χ1v) is 9.40. The van der Waals surface area contributed by atoms with Crippen molar-refractivity contribution < 1.29 is 4.79 Å². The molecule has 1 amide bonds. The van der Waals surface area contributed by atoms with Gasteiger partial charge in [-0.15, -0.1) is 0 Å². The Labute approximate surface area is 163 Å². The summed E-state index contributed by atoms with van der Waals surface area (Å²) in [7, 11) is 0. The maximum Gasteiger partial charge on any atom is 0.270 e. The van der Waals surface area contributed by atoms with Gasteiger partial charge < -0.3 is 0 Å². The fourth-order valence-electron chi connectivity index (χ4n) is 2.18. The molecule has 1 aliphatic heterocycles. The highest BCUT2D eigenvalue weighted by Gasteiger charge is 2.33. The van der Waals surface area contributed by atoms with Crippen molar-refractivity contribution >= 4 is 73.5 Å². The Balaban J connectivity index is 1.87. The number of halogens is 2. The lowest BCUT2D eigenvalue weighted by Crippen LogP contribution is -2.27. The van der Waals surface area contributed by atoms with Gasteiger partial charge in [-0.05, 0) is 35.9 Å². The zero-order valence-electron chi connectivity index (χ0n) is 12.3. The Kier molecular flexibility index (Phi) is 5.56. The minimum absolute atomic E-state index is 0.148. The second-order valence-electron chi connectivity index (χ2n) is 4.94. The van der Waals surface area contributed by atoms with Gasteiger partial charge in [0.05, 0.1) is 10.6 Å². The number of amides is 1. The van der Waals surface area contributed by atoms with Crippen LogP contribution in [0.4, 0.5) is 5.69 Å². The molecule has 0 N–H and O–H groups in total. The highest BCUT2D eigenvalue weighted by Crippen LogP contribution is 2.36. The van der Waals surface area contributed by atoms with E-state index in [1.165, 1.54) is 16.7 Å². The van der Waals surface area contributed by atoms with E-state index in [-0.39, 0.29) is 5.91 Å². The van der Waals surface area contributed by atoms with Gasteiger partial charge in [0, 0.05) is 9.51 Å². The van der Waals surface area contributed by atoms with Gasteiger partial charge >= 0.3 is 0 Å². The Morgan fingerprint density at radius 3 is 2.62 bits per heavy atom. The molecular formula is C18H11BrClNOS2. The maximum absolute atomic E-state index is 12.7. The molecule has 1 fully saturated rings. The molecule has 1 heterocycles. The van der Waals surface area contributed by atoms with E-state index in [4.69, 9.17) is 23.8 Å². The van der Waals surface area contributed by atoms with E-state index >= 15 is 0 Å². The number of thioether (sulfide) groups is 1. The van der Waals surface area contributed by atoms with E-state index < -0.39 is 0 Å². The number of rotatable bonds is 3. The van der Waals surface area contributed by atoms with E-state index in [0.717, 1.165) is 10.0 Å². The van der Waals surface area contributed by atoms with Crippen LogP contribution in [-0.4, -0.2) is 10.2 Å². The number of benzene rings is 2. The van der Waals surface area contributed by atoms with Crippen molar-refractivity contribution in [3.8, 4) is 0 Å². The Morgan fingerprint density at radius 1 is 1.17 bits per heavy atom. The summed E-state index contributed by atoms with van der Waals surface area (Å²) >= 11 is 16.1. The smallest absolute Gasteiger partial charge is 0.268 e. The number of hydrogen-bond donors (Lipinski definition) is 0. The molecule has 0 radical (unpaired) electrons. The van der Waals surface area contributed by atoms with Crippen molar-refractivity contribution in [2.75, 3.05) is 4.90 Å². The number of thiocarbonyl (C=S) groups is 1. The monoisotopic (exact) mass is 435 g/mol. The topological polar surface area (TPSA) is 20.3 Å². The molecule has 0 atom stereocenters. The van der Waals surface area contributed by atoms with E-state index in [1.54, 1.807) is 24.3 Å². The predicted octanol–water partition coefficient (Wildman–Crippen LogP) is 6.02. The summed E-state index contributed by atoms with van der Waals surface area (Å²) in [6.07, 6.45) is 3.74. The Hall–Kier alpha value is -1.40. The van der Waals surface area contributed by atoms with Crippen LogP contribution in [-0.2, 0) is 4.79 Å². The lowest BCUT2D eigenvalue weighted by atomic mass is 10.2. The van der Waals surface area contributed by atoms with E-state index in [9.17, 15) is 4.79 Å². The molecule has 0 spiro atoms. The molecule has 3 rings (SSSR count). The van der Waals surface area contributed by atoms with E-state index in [2.05, 4.69) is 15.9 Å². The second kappa shape index (κ2) is 7.66. The fourth-order valence-corrected chi connectivity index (χ4v) is 4.30. The van der Waals surface area contributed by atoms with Crippen LogP contribution in [0, 0.1) is 0 Å². The summed E-state index contributed by atoms with van der Waals surface area (Å²) in [5.74, 6) is -0.148. The van der Waals surface area contributed by atoms with Crippen molar-refractivity contribution in [1.29, 1.82) is 0 Å². The normalized spacial score (nSPS) is 17.0. The third-order valence-corrected chi connectivity index (χ3v) is 5.23. The maximum atomic E-state index is 12.7. The fraction of sp³-hybridized carbons (Fsp3) is 0. The van der Waals surface area contributed by atoms with Crippen molar-refractivity contribution in [3.05, 3.63) is 80.6 Å². The predicted molar refractivity (Wildman–Crippen MR) is 111 cm³/mol. The van der Waals surface area contributed by atoms with E-state index in [1.807, 2.05) is 42.5 Å². The van der Waals surface area contributed by atoms with Crippen molar-refractivity contribution in [3.63, 3.8) is 0 Å². The highest BCUT2D eigenvalue weighted by atomic mass is 79.9. The summed E-state index contributed by atoms with van der Waals surface area (Å²) in [5, 5.41) is 0.565. The molecule has 120 valence electrons. The van der Waals surface area contributed by atoms with Crippen LogP contribution in [0.15, 0.2) is 70.1 Å². The lowest BCUT2D eigenvalue weighted by Gasteiger charge is -2.14. The molecule has 2 nitrogen and oxygen atoms in total. The van der Waals surface area contributed by atoms with Crippen molar-refractivity contribution in [2.24, 2.45) is 0 Å². The van der Waals surface area contributed by atoms with Gasteiger partial charge in [-0.2, -0.15) is 0 Å². The average molecular weight is 437 g/mol. The van der Waals surface area contributed by atoms with Crippen LogP contribution < -0.4 is 4.90 Å². The molecule has 0 aromatic heterocycles. The zero-order valence-corrected chi connectivity index (χ0v) is 16.3. The molecule has 2 aromatic rings. The van der Waals surface area contributed by atoms with Crippen LogP contribution >= 0.6 is 51.5 Å². The number of nitrogens with zero attached hydrogens (tertiary/aromatic N) is 1. The third kappa shape index (κ3) is 3.98. The SMILES string of the molecule is O=C1/C(=C\C(Br)=C\c2ccccc2)SC(=S)N1c1cccc(Cl)c1. The van der Waals surface area contributed by atoms with E-state index in [0.29, 0.717) is 19.9 Å². The molecule has 0 saturated carbocycles. The van der Waals surface area contributed by atoms with Gasteiger partial charge in [0.1, 0.15) is 0 Å². The summed E-state index contributed by atoms with van der Waals surface area (Å²) in [6, 6.07) is 17.0.